The van der Waals surface area contributed by atoms with Crippen molar-refractivity contribution in [3.63, 3.8) is 0 Å². The van der Waals surface area contributed by atoms with Crippen LogP contribution in [0.15, 0.2) is 47.4 Å². The molecule has 0 saturated carbocycles. The zero-order valence-corrected chi connectivity index (χ0v) is 11.8. The standard InChI is InChI=1S/C16H16O2S/c1-11-7-8-14(16(17)18)15(9-11)19-10-13-6-4-3-5-12(13)2/h3-9H,10H2,1-2H3,(H,17,18). The molecule has 0 aromatic heterocycles. The van der Waals surface area contributed by atoms with E-state index < -0.39 is 5.97 Å². The summed E-state index contributed by atoms with van der Waals surface area (Å²) >= 11 is 1.58. The molecular formula is C16H16O2S. The van der Waals surface area contributed by atoms with Crippen LogP contribution in [-0.4, -0.2) is 11.1 Å². The lowest BCUT2D eigenvalue weighted by Gasteiger charge is -2.08. The topological polar surface area (TPSA) is 37.3 Å². The highest BCUT2D eigenvalue weighted by atomic mass is 32.2. The van der Waals surface area contributed by atoms with Gasteiger partial charge in [0.25, 0.3) is 0 Å². The summed E-state index contributed by atoms with van der Waals surface area (Å²) in [4.78, 5) is 12.0. The fourth-order valence-electron chi connectivity index (χ4n) is 1.85. The number of thioether (sulfide) groups is 1. The average Bonchev–Trinajstić information content (AvgIpc) is 2.37. The Morgan fingerprint density at radius 1 is 1.16 bits per heavy atom. The molecule has 2 rings (SSSR count). The number of hydrogen-bond donors (Lipinski definition) is 1. The summed E-state index contributed by atoms with van der Waals surface area (Å²) < 4.78 is 0. The Hall–Kier alpha value is -1.74. The van der Waals surface area contributed by atoms with Crippen molar-refractivity contribution in [1.82, 2.24) is 0 Å². The molecule has 98 valence electrons. The first-order valence-electron chi connectivity index (χ1n) is 6.09. The van der Waals surface area contributed by atoms with Gasteiger partial charge in [0.2, 0.25) is 0 Å². The van der Waals surface area contributed by atoms with Crippen molar-refractivity contribution in [3.8, 4) is 0 Å². The van der Waals surface area contributed by atoms with Gasteiger partial charge in [0, 0.05) is 10.6 Å². The number of aryl methyl sites for hydroxylation is 2. The van der Waals surface area contributed by atoms with Gasteiger partial charge in [-0.1, -0.05) is 30.3 Å². The van der Waals surface area contributed by atoms with Gasteiger partial charge < -0.3 is 5.11 Å². The molecule has 0 bridgehead atoms. The second kappa shape index (κ2) is 5.93. The van der Waals surface area contributed by atoms with Crippen molar-refractivity contribution in [3.05, 3.63) is 64.7 Å². The van der Waals surface area contributed by atoms with E-state index in [4.69, 9.17) is 0 Å². The predicted octanol–water partition coefficient (Wildman–Crippen LogP) is 4.29. The quantitative estimate of drug-likeness (QED) is 0.843. The Morgan fingerprint density at radius 2 is 1.89 bits per heavy atom. The summed E-state index contributed by atoms with van der Waals surface area (Å²) in [5.74, 6) is -0.0802. The smallest absolute Gasteiger partial charge is 0.336 e. The van der Waals surface area contributed by atoms with Crippen LogP contribution in [-0.2, 0) is 5.75 Å². The lowest BCUT2D eigenvalue weighted by molar-refractivity contribution is 0.0693. The summed E-state index contributed by atoms with van der Waals surface area (Å²) in [5.41, 5.74) is 3.94. The van der Waals surface area contributed by atoms with Gasteiger partial charge in [0.15, 0.2) is 0 Å². The Morgan fingerprint density at radius 3 is 2.58 bits per heavy atom. The van der Waals surface area contributed by atoms with Gasteiger partial charge in [-0.3, -0.25) is 0 Å². The number of carboxylic acids is 1. The molecule has 1 N–H and O–H groups in total. The van der Waals surface area contributed by atoms with Gasteiger partial charge in [-0.15, -0.1) is 11.8 Å². The average molecular weight is 272 g/mol. The molecule has 0 fully saturated rings. The van der Waals surface area contributed by atoms with Gasteiger partial charge in [0.1, 0.15) is 0 Å². The van der Waals surface area contributed by atoms with Crippen molar-refractivity contribution in [2.45, 2.75) is 24.5 Å². The highest BCUT2D eigenvalue weighted by Gasteiger charge is 2.11. The second-order valence-electron chi connectivity index (χ2n) is 4.52. The van der Waals surface area contributed by atoms with E-state index in [2.05, 4.69) is 19.1 Å². The van der Waals surface area contributed by atoms with Crippen molar-refractivity contribution < 1.29 is 9.90 Å². The first-order valence-corrected chi connectivity index (χ1v) is 7.08. The summed E-state index contributed by atoms with van der Waals surface area (Å²) in [5, 5.41) is 9.19. The normalized spacial score (nSPS) is 10.4. The van der Waals surface area contributed by atoms with E-state index in [1.165, 1.54) is 11.1 Å². The number of carbonyl (C=O) groups is 1. The van der Waals surface area contributed by atoms with Crippen LogP contribution in [0.25, 0.3) is 0 Å². The molecule has 0 aliphatic heterocycles. The number of aromatic carboxylic acids is 1. The van der Waals surface area contributed by atoms with Gasteiger partial charge >= 0.3 is 5.97 Å². The molecule has 2 aromatic rings. The van der Waals surface area contributed by atoms with Gasteiger partial charge in [-0.25, -0.2) is 4.79 Å². The second-order valence-corrected chi connectivity index (χ2v) is 5.54. The molecular weight excluding hydrogens is 256 g/mol. The van der Waals surface area contributed by atoms with Crippen molar-refractivity contribution in [2.24, 2.45) is 0 Å². The third-order valence-electron chi connectivity index (χ3n) is 3.01. The molecule has 2 nitrogen and oxygen atoms in total. The molecule has 0 radical (unpaired) electrons. The lowest BCUT2D eigenvalue weighted by Crippen LogP contribution is -1.99. The summed E-state index contributed by atoms with van der Waals surface area (Å²) in [7, 11) is 0. The van der Waals surface area contributed by atoms with Crippen LogP contribution in [0.1, 0.15) is 27.0 Å². The van der Waals surface area contributed by atoms with E-state index >= 15 is 0 Å². The van der Waals surface area contributed by atoms with Crippen molar-refractivity contribution in [2.75, 3.05) is 0 Å². The van der Waals surface area contributed by atoms with E-state index in [0.717, 1.165) is 16.2 Å². The summed E-state index contributed by atoms with van der Waals surface area (Å²) in [6.45, 7) is 4.05. The van der Waals surface area contributed by atoms with Crippen LogP contribution < -0.4 is 0 Å². The van der Waals surface area contributed by atoms with E-state index in [-0.39, 0.29) is 0 Å². The Kier molecular flexibility index (Phi) is 4.27. The van der Waals surface area contributed by atoms with E-state index in [0.29, 0.717) is 5.56 Å². The molecule has 0 aliphatic rings. The minimum atomic E-state index is -0.868. The zero-order valence-electron chi connectivity index (χ0n) is 11.0. The molecule has 3 heteroatoms. The Bertz CT molecular complexity index is 605. The summed E-state index contributed by atoms with van der Waals surface area (Å²) in [6, 6.07) is 13.6. The molecule has 2 aromatic carbocycles. The van der Waals surface area contributed by atoms with E-state index in [1.807, 2.05) is 31.2 Å². The fraction of sp³-hybridized carbons (Fsp3) is 0.188. The van der Waals surface area contributed by atoms with Crippen LogP contribution in [0.3, 0.4) is 0 Å². The van der Waals surface area contributed by atoms with Crippen LogP contribution in [0.2, 0.25) is 0 Å². The largest absolute Gasteiger partial charge is 0.478 e. The number of benzene rings is 2. The van der Waals surface area contributed by atoms with E-state index in [1.54, 1.807) is 17.8 Å². The molecule has 0 amide bonds. The van der Waals surface area contributed by atoms with Crippen LogP contribution in [0.4, 0.5) is 0 Å². The van der Waals surface area contributed by atoms with Crippen LogP contribution in [0.5, 0.6) is 0 Å². The van der Waals surface area contributed by atoms with Gasteiger partial charge in [-0.2, -0.15) is 0 Å². The highest BCUT2D eigenvalue weighted by molar-refractivity contribution is 7.98. The Labute approximate surface area is 117 Å². The van der Waals surface area contributed by atoms with E-state index in [9.17, 15) is 9.90 Å². The highest BCUT2D eigenvalue weighted by Crippen LogP contribution is 2.28. The van der Waals surface area contributed by atoms with Crippen molar-refractivity contribution >= 4 is 17.7 Å². The number of rotatable bonds is 4. The maximum Gasteiger partial charge on any atom is 0.336 e. The molecule has 0 heterocycles. The molecule has 19 heavy (non-hydrogen) atoms. The van der Waals surface area contributed by atoms with Crippen LogP contribution in [0, 0.1) is 13.8 Å². The third kappa shape index (κ3) is 3.38. The number of carboxylic acid groups (broad SMARTS) is 1. The maximum absolute atomic E-state index is 11.2. The molecule has 0 aliphatic carbocycles. The van der Waals surface area contributed by atoms with Gasteiger partial charge in [0.05, 0.1) is 5.56 Å². The first-order chi connectivity index (χ1) is 9.08. The third-order valence-corrected chi connectivity index (χ3v) is 4.12. The summed E-state index contributed by atoms with van der Waals surface area (Å²) in [6.07, 6.45) is 0. The zero-order chi connectivity index (χ0) is 13.8. The fourth-order valence-corrected chi connectivity index (χ4v) is 3.07. The minimum absolute atomic E-state index is 0.379. The maximum atomic E-state index is 11.2. The van der Waals surface area contributed by atoms with Crippen molar-refractivity contribution in [1.29, 1.82) is 0 Å². The minimum Gasteiger partial charge on any atom is -0.478 e. The molecule has 0 atom stereocenters. The Balaban J connectivity index is 2.22. The predicted molar refractivity (Wildman–Crippen MR) is 78.9 cm³/mol. The SMILES string of the molecule is Cc1ccc(C(=O)O)c(SCc2ccccc2C)c1. The lowest BCUT2D eigenvalue weighted by atomic mass is 10.1. The first kappa shape index (κ1) is 13.7. The monoisotopic (exact) mass is 272 g/mol. The van der Waals surface area contributed by atoms with Gasteiger partial charge in [-0.05, 0) is 42.7 Å². The molecule has 0 saturated heterocycles. The number of hydrogen-bond acceptors (Lipinski definition) is 2. The van der Waals surface area contributed by atoms with Crippen LogP contribution >= 0.6 is 11.8 Å². The molecule has 0 unspecified atom stereocenters. The molecule has 0 spiro atoms.